The summed E-state index contributed by atoms with van der Waals surface area (Å²) in [4.78, 5) is 4.25. The average Bonchev–Trinajstić information content (AvgIpc) is 3.17. The molecule has 0 aliphatic heterocycles. The molecule has 0 unspecified atom stereocenters. The number of nitrogens with two attached hydrogens (primary N) is 2. The number of amidine groups is 2. The molecule has 8 nitrogen and oxygen atoms in total. The van der Waals surface area contributed by atoms with E-state index in [-0.39, 0.29) is 11.7 Å². The first-order valence-electron chi connectivity index (χ1n) is 7.25. The van der Waals surface area contributed by atoms with Crippen LogP contribution in [0.25, 0.3) is 22.8 Å². The van der Waals surface area contributed by atoms with Crippen LogP contribution >= 0.6 is 0 Å². The molecule has 3 aromatic rings. The fraction of sp³-hybridized carbons (Fsp3) is 0. The molecule has 25 heavy (non-hydrogen) atoms. The highest BCUT2D eigenvalue weighted by atomic mass is 16.4. The molecule has 0 saturated carbocycles. The van der Waals surface area contributed by atoms with Crippen molar-refractivity contribution in [3.8, 4) is 22.8 Å². The molecule has 3 rings (SSSR count). The lowest BCUT2D eigenvalue weighted by Gasteiger charge is -2.02. The van der Waals surface area contributed by atoms with Crippen LogP contribution in [-0.4, -0.2) is 27.1 Å². The zero-order valence-corrected chi connectivity index (χ0v) is 13.0. The van der Waals surface area contributed by atoms with Gasteiger partial charge in [0.2, 0.25) is 0 Å². The van der Waals surface area contributed by atoms with Crippen molar-refractivity contribution in [3.63, 3.8) is 0 Å². The van der Waals surface area contributed by atoms with E-state index in [9.17, 15) is 0 Å². The zero-order chi connectivity index (χ0) is 17.8. The van der Waals surface area contributed by atoms with Gasteiger partial charge in [0.15, 0.2) is 17.4 Å². The first-order chi connectivity index (χ1) is 12.1. The molecule has 2 heterocycles. The Hall–Kier alpha value is -3.81. The Labute approximate surface area is 142 Å². The molecule has 0 fully saturated rings. The van der Waals surface area contributed by atoms with E-state index in [0.29, 0.717) is 28.3 Å². The molecule has 0 radical (unpaired) electrons. The van der Waals surface area contributed by atoms with Crippen molar-refractivity contribution >= 4 is 11.7 Å². The lowest BCUT2D eigenvalue weighted by atomic mass is 10.1. The number of hydrogen-bond acceptors (Lipinski definition) is 6. The van der Waals surface area contributed by atoms with Gasteiger partial charge in [-0.25, -0.2) is 0 Å². The van der Waals surface area contributed by atoms with Gasteiger partial charge in [0, 0.05) is 22.9 Å². The summed E-state index contributed by atoms with van der Waals surface area (Å²) in [6.45, 7) is 0. The number of pyridine rings is 1. The van der Waals surface area contributed by atoms with Crippen molar-refractivity contribution < 1.29 is 14.8 Å². The molecule has 0 atom stereocenters. The molecule has 0 spiro atoms. The maximum Gasteiger partial charge on any atom is 0.171 e. The maximum absolute atomic E-state index is 8.68. The number of hydrogen-bond donors (Lipinski definition) is 4. The SMILES string of the molecule is N/C(=N\O)c1ccc(-c2ccc(-c3ccc(/C(N)=N/O)cn3)o2)cc1. The van der Waals surface area contributed by atoms with E-state index in [2.05, 4.69) is 15.3 Å². The van der Waals surface area contributed by atoms with Crippen LogP contribution in [0.15, 0.2) is 69.5 Å². The lowest BCUT2D eigenvalue weighted by Crippen LogP contribution is -2.13. The molecule has 126 valence electrons. The predicted octanol–water partition coefficient (Wildman–Crippen LogP) is 2.20. The van der Waals surface area contributed by atoms with E-state index in [1.807, 2.05) is 18.2 Å². The topological polar surface area (TPSA) is 143 Å². The van der Waals surface area contributed by atoms with Crippen LogP contribution in [0.5, 0.6) is 0 Å². The maximum atomic E-state index is 8.68. The molecule has 0 bridgehead atoms. The third kappa shape index (κ3) is 3.27. The van der Waals surface area contributed by atoms with Crippen LogP contribution in [-0.2, 0) is 0 Å². The minimum absolute atomic E-state index is 0.00929. The fourth-order valence-electron chi connectivity index (χ4n) is 2.24. The number of aromatic nitrogens is 1. The van der Waals surface area contributed by atoms with E-state index in [0.717, 1.165) is 5.56 Å². The standard InChI is InChI=1S/C17H15N5O3/c18-16(21-23)11-3-1-10(2-4-11)14-7-8-15(25-14)13-6-5-12(9-20-13)17(19)22-24/h1-9,23-24H,(H2,18,21)(H2,19,22). The summed E-state index contributed by atoms with van der Waals surface area (Å²) in [5.41, 5.74) is 13.6. The largest absolute Gasteiger partial charge is 0.454 e. The van der Waals surface area contributed by atoms with Crippen molar-refractivity contribution in [1.29, 1.82) is 0 Å². The van der Waals surface area contributed by atoms with Gasteiger partial charge in [-0.05, 0) is 24.3 Å². The van der Waals surface area contributed by atoms with Crippen molar-refractivity contribution in [1.82, 2.24) is 4.98 Å². The second-order valence-corrected chi connectivity index (χ2v) is 5.14. The molecule has 0 aliphatic carbocycles. The summed E-state index contributed by atoms with van der Waals surface area (Å²) >= 11 is 0. The number of benzene rings is 1. The molecular weight excluding hydrogens is 322 g/mol. The van der Waals surface area contributed by atoms with Gasteiger partial charge in [-0.3, -0.25) is 4.98 Å². The van der Waals surface area contributed by atoms with Crippen molar-refractivity contribution in [2.45, 2.75) is 0 Å². The van der Waals surface area contributed by atoms with Gasteiger partial charge in [0.1, 0.15) is 11.5 Å². The van der Waals surface area contributed by atoms with E-state index < -0.39 is 0 Å². The van der Waals surface area contributed by atoms with Gasteiger partial charge in [-0.15, -0.1) is 0 Å². The van der Waals surface area contributed by atoms with E-state index >= 15 is 0 Å². The van der Waals surface area contributed by atoms with Crippen molar-refractivity contribution in [2.75, 3.05) is 0 Å². The van der Waals surface area contributed by atoms with Gasteiger partial charge in [-0.1, -0.05) is 34.6 Å². The van der Waals surface area contributed by atoms with Crippen LogP contribution in [0.4, 0.5) is 0 Å². The average molecular weight is 337 g/mol. The third-order valence-corrected chi connectivity index (χ3v) is 3.60. The zero-order valence-electron chi connectivity index (χ0n) is 13.0. The molecule has 0 saturated heterocycles. The summed E-state index contributed by atoms with van der Waals surface area (Å²) in [6, 6.07) is 14.1. The monoisotopic (exact) mass is 337 g/mol. The van der Waals surface area contributed by atoms with E-state index in [1.54, 1.807) is 30.3 Å². The quantitative estimate of drug-likeness (QED) is 0.249. The third-order valence-electron chi connectivity index (χ3n) is 3.60. The van der Waals surface area contributed by atoms with Gasteiger partial charge in [0.05, 0.1) is 0 Å². The van der Waals surface area contributed by atoms with Crippen molar-refractivity contribution in [3.05, 3.63) is 65.9 Å². The molecule has 6 N–H and O–H groups in total. The first-order valence-corrected chi connectivity index (χ1v) is 7.25. The summed E-state index contributed by atoms with van der Waals surface area (Å²) in [6.07, 6.45) is 1.50. The molecule has 8 heteroatoms. The minimum Gasteiger partial charge on any atom is -0.454 e. The molecule has 1 aromatic carbocycles. The Morgan fingerprint density at radius 1 is 0.800 bits per heavy atom. The number of nitrogens with zero attached hydrogens (tertiary/aromatic N) is 3. The summed E-state index contributed by atoms with van der Waals surface area (Å²) in [5, 5.41) is 23.2. The normalized spacial score (nSPS) is 12.3. The highest BCUT2D eigenvalue weighted by molar-refractivity contribution is 5.97. The van der Waals surface area contributed by atoms with Crippen LogP contribution in [0, 0.1) is 0 Å². The summed E-state index contributed by atoms with van der Waals surface area (Å²) < 4.78 is 5.82. The second kappa shape index (κ2) is 6.75. The van der Waals surface area contributed by atoms with E-state index in [1.165, 1.54) is 6.20 Å². The highest BCUT2D eigenvalue weighted by Crippen LogP contribution is 2.27. The minimum atomic E-state index is -0.00929. The number of rotatable bonds is 4. The lowest BCUT2D eigenvalue weighted by molar-refractivity contribution is 0.318. The Bertz CT molecular complexity index is 852. The Kier molecular flexibility index (Phi) is 4.34. The predicted molar refractivity (Wildman–Crippen MR) is 92.4 cm³/mol. The molecule has 2 aromatic heterocycles. The summed E-state index contributed by atoms with van der Waals surface area (Å²) in [7, 11) is 0. The summed E-state index contributed by atoms with van der Waals surface area (Å²) in [5.74, 6) is 1.27. The first kappa shape index (κ1) is 16.1. The highest BCUT2D eigenvalue weighted by Gasteiger charge is 2.09. The molecule has 0 aliphatic rings. The van der Waals surface area contributed by atoms with Gasteiger partial charge >= 0.3 is 0 Å². The Morgan fingerprint density at radius 3 is 2.00 bits per heavy atom. The van der Waals surface area contributed by atoms with Crippen LogP contribution in [0.2, 0.25) is 0 Å². The molecule has 0 amide bonds. The second-order valence-electron chi connectivity index (χ2n) is 5.14. The van der Waals surface area contributed by atoms with Gasteiger partial charge in [0.25, 0.3) is 0 Å². The van der Waals surface area contributed by atoms with Gasteiger partial charge in [-0.2, -0.15) is 0 Å². The van der Waals surface area contributed by atoms with Crippen LogP contribution in [0.3, 0.4) is 0 Å². The van der Waals surface area contributed by atoms with Crippen LogP contribution < -0.4 is 11.5 Å². The Balaban J connectivity index is 1.85. The Morgan fingerprint density at radius 2 is 1.40 bits per heavy atom. The van der Waals surface area contributed by atoms with Crippen LogP contribution in [0.1, 0.15) is 11.1 Å². The van der Waals surface area contributed by atoms with Crippen molar-refractivity contribution in [2.24, 2.45) is 21.8 Å². The number of oxime groups is 2. The van der Waals surface area contributed by atoms with E-state index in [4.69, 9.17) is 26.3 Å². The molecular formula is C17H15N5O3. The fourth-order valence-corrected chi connectivity index (χ4v) is 2.24. The van der Waals surface area contributed by atoms with Gasteiger partial charge < -0.3 is 26.3 Å². The smallest absolute Gasteiger partial charge is 0.171 e. The number of furan rings is 1.